The molecule has 0 radical (unpaired) electrons. The van der Waals surface area contributed by atoms with E-state index in [4.69, 9.17) is 12.2 Å². The quantitative estimate of drug-likeness (QED) is 0.729. The lowest BCUT2D eigenvalue weighted by Crippen LogP contribution is -2.15. The van der Waals surface area contributed by atoms with Gasteiger partial charge in [0.25, 0.3) is 0 Å². The van der Waals surface area contributed by atoms with Crippen molar-refractivity contribution >= 4 is 12.2 Å². The first kappa shape index (κ1) is 11.8. The molecule has 1 saturated carbocycles. The van der Waals surface area contributed by atoms with E-state index in [1.54, 1.807) is 0 Å². The van der Waals surface area contributed by atoms with Crippen LogP contribution in [0, 0.1) is 10.2 Å². The van der Waals surface area contributed by atoms with Crippen LogP contribution in [0.3, 0.4) is 0 Å². The van der Waals surface area contributed by atoms with Gasteiger partial charge in [-0.1, -0.05) is 26.7 Å². The molecule has 4 heteroatoms. The molecule has 0 spiro atoms. The standard InChI is InChI=1S/C12H21N3S/c1-12(2)7-3-5-9(6-4-8-12)10-13-11(16)15-14-10/h9H,3-8H2,1-2H3,(H2,13,14,15,16). The Balaban J connectivity index is 2.01. The molecular weight excluding hydrogens is 218 g/mol. The first-order chi connectivity index (χ1) is 7.57. The van der Waals surface area contributed by atoms with Crippen LogP contribution in [0.25, 0.3) is 0 Å². The predicted molar refractivity (Wildman–Crippen MR) is 68.0 cm³/mol. The van der Waals surface area contributed by atoms with Gasteiger partial charge in [0, 0.05) is 5.92 Å². The van der Waals surface area contributed by atoms with E-state index >= 15 is 0 Å². The summed E-state index contributed by atoms with van der Waals surface area (Å²) in [5.41, 5.74) is 0.531. The smallest absolute Gasteiger partial charge is 0.213 e. The number of aromatic amines is 2. The van der Waals surface area contributed by atoms with Crippen molar-refractivity contribution in [1.82, 2.24) is 15.2 Å². The third kappa shape index (κ3) is 2.94. The summed E-state index contributed by atoms with van der Waals surface area (Å²) in [7, 11) is 0. The Morgan fingerprint density at radius 2 is 1.81 bits per heavy atom. The van der Waals surface area contributed by atoms with Crippen LogP contribution in [-0.2, 0) is 0 Å². The number of rotatable bonds is 1. The number of nitrogens with zero attached hydrogens (tertiary/aromatic N) is 1. The lowest BCUT2D eigenvalue weighted by Gasteiger charge is -2.29. The molecule has 0 unspecified atom stereocenters. The molecular formula is C12H21N3S. The molecule has 0 amide bonds. The van der Waals surface area contributed by atoms with E-state index in [1.165, 1.54) is 38.5 Å². The number of H-pyrrole nitrogens is 2. The van der Waals surface area contributed by atoms with Crippen molar-refractivity contribution in [2.24, 2.45) is 5.41 Å². The van der Waals surface area contributed by atoms with E-state index in [9.17, 15) is 0 Å². The van der Waals surface area contributed by atoms with Gasteiger partial charge in [0.15, 0.2) is 0 Å². The zero-order chi connectivity index (χ0) is 11.6. The van der Waals surface area contributed by atoms with Gasteiger partial charge in [0.1, 0.15) is 5.82 Å². The minimum absolute atomic E-state index is 0.531. The number of aromatic nitrogens is 3. The minimum Gasteiger partial charge on any atom is -0.285 e. The average Bonchev–Trinajstić information content (AvgIpc) is 2.59. The second-order valence-electron chi connectivity index (χ2n) is 5.70. The second-order valence-corrected chi connectivity index (χ2v) is 6.08. The fourth-order valence-corrected chi connectivity index (χ4v) is 2.82. The van der Waals surface area contributed by atoms with Gasteiger partial charge in [-0.05, 0) is 43.3 Å². The summed E-state index contributed by atoms with van der Waals surface area (Å²) in [6.45, 7) is 4.77. The topological polar surface area (TPSA) is 44.5 Å². The zero-order valence-corrected chi connectivity index (χ0v) is 11.0. The third-order valence-corrected chi connectivity index (χ3v) is 3.91. The summed E-state index contributed by atoms with van der Waals surface area (Å²) in [5.74, 6) is 1.63. The van der Waals surface area contributed by atoms with E-state index in [0.717, 1.165) is 5.82 Å². The summed E-state index contributed by atoms with van der Waals surface area (Å²) in [6, 6.07) is 0. The van der Waals surface area contributed by atoms with Crippen LogP contribution in [-0.4, -0.2) is 15.2 Å². The van der Waals surface area contributed by atoms with Gasteiger partial charge in [0.2, 0.25) is 4.77 Å². The normalized spacial score (nSPS) is 22.6. The van der Waals surface area contributed by atoms with E-state index in [0.29, 0.717) is 16.1 Å². The second kappa shape index (κ2) is 4.70. The summed E-state index contributed by atoms with van der Waals surface area (Å²) in [5, 5.41) is 6.00. The van der Waals surface area contributed by atoms with Crippen molar-refractivity contribution in [3.05, 3.63) is 10.6 Å². The third-order valence-electron chi connectivity index (χ3n) is 3.72. The Kier molecular flexibility index (Phi) is 3.47. The Labute approximate surface area is 102 Å². The molecule has 2 rings (SSSR count). The molecule has 1 fully saturated rings. The zero-order valence-electron chi connectivity index (χ0n) is 10.2. The van der Waals surface area contributed by atoms with Gasteiger partial charge >= 0.3 is 0 Å². The van der Waals surface area contributed by atoms with Gasteiger partial charge in [-0.2, -0.15) is 0 Å². The molecule has 0 atom stereocenters. The van der Waals surface area contributed by atoms with Crippen LogP contribution in [0.1, 0.15) is 64.1 Å². The average molecular weight is 239 g/mol. The van der Waals surface area contributed by atoms with Crippen LogP contribution in [0.5, 0.6) is 0 Å². The molecule has 1 heterocycles. The molecule has 90 valence electrons. The molecule has 2 N–H and O–H groups in total. The first-order valence-electron chi connectivity index (χ1n) is 6.21. The minimum atomic E-state index is 0.531. The highest BCUT2D eigenvalue weighted by molar-refractivity contribution is 7.71. The van der Waals surface area contributed by atoms with Crippen molar-refractivity contribution < 1.29 is 0 Å². The van der Waals surface area contributed by atoms with Crippen molar-refractivity contribution in [2.75, 3.05) is 0 Å². The predicted octanol–water partition coefficient (Wildman–Crippen LogP) is 3.93. The van der Waals surface area contributed by atoms with Crippen LogP contribution >= 0.6 is 12.2 Å². The van der Waals surface area contributed by atoms with Crippen molar-refractivity contribution in [1.29, 1.82) is 0 Å². The molecule has 1 aliphatic rings. The van der Waals surface area contributed by atoms with Crippen molar-refractivity contribution in [3.63, 3.8) is 0 Å². The summed E-state index contributed by atoms with van der Waals surface area (Å²) >= 11 is 5.00. The van der Waals surface area contributed by atoms with Gasteiger partial charge in [-0.25, -0.2) is 4.98 Å². The number of hydrogen-bond donors (Lipinski definition) is 2. The van der Waals surface area contributed by atoms with Crippen LogP contribution in [0.15, 0.2) is 0 Å². The molecule has 16 heavy (non-hydrogen) atoms. The fraction of sp³-hybridized carbons (Fsp3) is 0.833. The Morgan fingerprint density at radius 1 is 1.19 bits per heavy atom. The highest BCUT2D eigenvalue weighted by Crippen LogP contribution is 2.37. The molecule has 0 bridgehead atoms. The Hall–Kier alpha value is -0.640. The number of nitrogens with one attached hydrogen (secondary N) is 2. The lowest BCUT2D eigenvalue weighted by atomic mass is 9.77. The highest BCUT2D eigenvalue weighted by atomic mass is 32.1. The largest absolute Gasteiger partial charge is 0.285 e. The Bertz CT molecular complexity index is 379. The van der Waals surface area contributed by atoms with Crippen LogP contribution < -0.4 is 0 Å². The monoisotopic (exact) mass is 239 g/mol. The molecule has 3 nitrogen and oxygen atoms in total. The van der Waals surface area contributed by atoms with Crippen molar-refractivity contribution in [3.8, 4) is 0 Å². The highest BCUT2D eigenvalue weighted by Gasteiger charge is 2.23. The maximum Gasteiger partial charge on any atom is 0.213 e. The van der Waals surface area contributed by atoms with Crippen LogP contribution in [0.4, 0.5) is 0 Å². The first-order valence-corrected chi connectivity index (χ1v) is 6.62. The lowest BCUT2D eigenvalue weighted by molar-refractivity contribution is 0.254. The maximum absolute atomic E-state index is 5.00. The molecule has 0 aromatic carbocycles. The van der Waals surface area contributed by atoms with Crippen molar-refractivity contribution in [2.45, 2.75) is 58.3 Å². The molecule has 1 aliphatic carbocycles. The van der Waals surface area contributed by atoms with Gasteiger partial charge in [0.05, 0.1) is 0 Å². The molecule has 1 aromatic heterocycles. The SMILES string of the molecule is CC1(C)CCCC(c2nc(=S)[nH][nH]2)CCC1. The van der Waals surface area contributed by atoms with Gasteiger partial charge < -0.3 is 0 Å². The van der Waals surface area contributed by atoms with Gasteiger partial charge in [-0.3, -0.25) is 10.2 Å². The molecule has 0 aliphatic heterocycles. The summed E-state index contributed by atoms with van der Waals surface area (Å²) < 4.78 is 0.581. The Morgan fingerprint density at radius 3 is 2.31 bits per heavy atom. The van der Waals surface area contributed by atoms with E-state index in [-0.39, 0.29) is 0 Å². The fourth-order valence-electron chi connectivity index (χ4n) is 2.67. The molecule has 0 saturated heterocycles. The maximum atomic E-state index is 5.00. The van der Waals surface area contributed by atoms with E-state index < -0.39 is 0 Å². The van der Waals surface area contributed by atoms with E-state index in [1.807, 2.05) is 0 Å². The van der Waals surface area contributed by atoms with Crippen LogP contribution in [0.2, 0.25) is 0 Å². The number of hydrogen-bond acceptors (Lipinski definition) is 2. The summed E-state index contributed by atoms with van der Waals surface area (Å²) in [6.07, 6.45) is 7.72. The van der Waals surface area contributed by atoms with Gasteiger partial charge in [-0.15, -0.1) is 0 Å². The summed E-state index contributed by atoms with van der Waals surface area (Å²) in [4.78, 5) is 4.35. The van der Waals surface area contributed by atoms with E-state index in [2.05, 4.69) is 29.0 Å². The molecule has 1 aromatic rings.